The molecule has 2 unspecified atom stereocenters. The van der Waals surface area contributed by atoms with Gasteiger partial charge in [0.15, 0.2) is 0 Å². The zero-order chi connectivity index (χ0) is 15.1. The quantitative estimate of drug-likeness (QED) is 0.755. The smallest absolute Gasteiger partial charge is 0.314 e. The number of urea groups is 1. The number of hydrogen-bond acceptors (Lipinski definition) is 3. The van der Waals surface area contributed by atoms with Gasteiger partial charge in [0.05, 0.1) is 11.1 Å². The van der Waals surface area contributed by atoms with Gasteiger partial charge in [0.2, 0.25) is 0 Å². The minimum absolute atomic E-state index is 0.000550. The van der Waals surface area contributed by atoms with E-state index < -0.39 is 11.9 Å². The first kappa shape index (κ1) is 17.1. The fourth-order valence-electron chi connectivity index (χ4n) is 1.41. The van der Waals surface area contributed by atoms with Crippen molar-refractivity contribution in [2.75, 3.05) is 19.3 Å². The van der Waals surface area contributed by atoms with Gasteiger partial charge in [0.1, 0.15) is 5.82 Å². The number of thioether (sulfide) groups is 1. The molecule has 2 atom stereocenters. The normalized spacial score (nSPS) is 13.7. The Morgan fingerprint density at radius 1 is 1.45 bits per heavy atom. The van der Waals surface area contributed by atoms with E-state index in [4.69, 9.17) is 11.6 Å². The van der Waals surface area contributed by atoms with Gasteiger partial charge >= 0.3 is 6.03 Å². The summed E-state index contributed by atoms with van der Waals surface area (Å²) in [4.78, 5) is 11.5. The number of benzene rings is 1. The molecule has 0 spiro atoms. The van der Waals surface area contributed by atoms with E-state index in [9.17, 15) is 14.3 Å². The molecule has 0 aliphatic rings. The molecule has 112 valence electrons. The number of hydrogen-bond donors (Lipinski definition) is 3. The van der Waals surface area contributed by atoms with Crippen LogP contribution in [0.3, 0.4) is 0 Å². The van der Waals surface area contributed by atoms with Gasteiger partial charge in [0.25, 0.3) is 0 Å². The van der Waals surface area contributed by atoms with Gasteiger partial charge in [-0.05, 0) is 24.0 Å². The Labute approximate surface area is 127 Å². The van der Waals surface area contributed by atoms with Crippen molar-refractivity contribution in [1.29, 1.82) is 0 Å². The minimum atomic E-state index is -0.981. The van der Waals surface area contributed by atoms with Crippen LogP contribution in [0, 0.1) is 5.82 Å². The number of halogens is 2. The third kappa shape index (κ3) is 5.56. The fourth-order valence-corrected chi connectivity index (χ4v) is 1.78. The molecule has 0 radical (unpaired) electrons. The lowest BCUT2D eigenvalue weighted by Crippen LogP contribution is -2.40. The molecule has 2 amide bonds. The molecule has 0 bridgehead atoms. The van der Waals surface area contributed by atoms with Crippen LogP contribution in [0.1, 0.15) is 18.6 Å². The molecule has 0 fully saturated rings. The number of aliphatic hydroxyl groups is 1. The van der Waals surface area contributed by atoms with Gasteiger partial charge in [-0.15, -0.1) is 0 Å². The highest BCUT2D eigenvalue weighted by atomic mass is 35.5. The van der Waals surface area contributed by atoms with Crippen molar-refractivity contribution >= 4 is 29.4 Å². The lowest BCUT2D eigenvalue weighted by atomic mass is 10.1. The number of carbonyl (C=O) groups is 1. The minimum Gasteiger partial charge on any atom is -0.387 e. The van der Waals surface area contributed by atoms with E-state index >= 15 is 0 Å². The average Bonchev–Trinajstić information content (AvgIpc) is 2.44. The Hall–Kier alpha value is -0.980. The second-order valence-electron chi connectivity index (χ2n) is 4.33. The molecular weight excluding hydrogens is 303 g/mol. The molecular formula is C13H18ClFN2O2S. The summed E-state index contributed by atoms with van der Waals surface area (Å²) in [5.41, 5.74) is 0.365. The molecule has 1 aromatic carbocycles. The third-order valence-corrected chi connectivity index (χ3v) is 4.01. The van der Waals surface area contributed by atoms with Crippen LogP contribution in [0.15, 0.2) is 18.2 Å². The maximum atomic E-state index is 13.2. The molecule has 20 heavy (non-hydrogen) atoms. The summed E-state index contributed by atoms with van der Waals surface area (Å²) in [6.07, 6.45) is 0.980. The van der Waals surface area contributed by atoms with Crippen molar-refractivity contribution in [3.63, 3.8) is 0 Å². The average molecular weight is 321 g/mol. The maximum Gasteiger partial charge on any atom is 0.314 e. The second kappa shape index (κ2) is 8.34. The zero-order valence-corrected chi connectivity index (χ0v) is 12.9. The van der Waals surface area contributed by atoms with Gasteiger partial charge in [-0.3, -0.25) is 0 Å². The van der Waals surface area contributed by atoms with Crippen LogP contribution in [0.5, 0.6) is 0 Å². The highest BCUT2D eigenvalue weighted by Gasteiger charge is 2.12. The van der Waals surface area contributed by atoms with E-state index in [0.717, 1.165) is 6.07 Å². The monoisotopic (exact) mass is 320 g/mol. The van der Waals surface area contributed by atoms with Crippen LogP contribution in [0.25, 0.3) is 0 Å². The van der Waals surface area contributed by atoms with Crippen molar-refractivity contribution in [3.05, 3.63) is 34.6 Å². The van der Waals surface area contributed by atoms with Crippen molar-refractivity contribution < 1.29 is 14.3 Å². The summed E-state index contributed by atoms with van der Waals surface area (Å²) in [5, 5.41) is 15.4. The van der Waals surface area contributed by atoms with Crippen molar-refractivity contribution in [2.24, 2.45) is 0 Å². The molecule has 4 nitrogen and oxygen atoms in total. The molecule has 0 heterocycles. The Morgan fingerprint density at radius 3 is 2.70 bits per heavy atom. The summed E-state index contributed by atoms with van der Waals surface area (Å²) < 4.78 is 13.2. The second-order valence-corrected chi connectivity index (χ2v) is 6.01. The third-order valence-electron chi connectivity index (χ3n) is 2.74. The van der Waals surface area contributed by atoms with Gasteiger partial charge in [-0.1, -0.05) is 24.6 Å². The summed E-state index contributed by atoms with van der Waals surface area (Å²) in [5.74, 6) is -0.596. The Balaban J connectivity index is 2.40. The predicted molar refractivity (Wildman–Crippen MR) is 80.7 cm³/mol. The molecule has 0 saturated heterocycles. The number of aliphatic hydroxyl groups excluding tert-OH is 1. The summed E-state index contributed by atoms with van der Waals surface area (Å²) in [6, 6.07) is 3.68. The van der Waals surface area contributed by atoms with Crippen LogP contribution in [-0.4, -0.2) is 35.7 Å². The van der Waals surface area contributed by atoms with E-state index in [1.807, 2.05) is 13.2 Å². The first-order chi connectivity index (χ1) is 9.43. The van der Waals surface area contributed by atoms with Gasteiger partial charge in [-0.2, -0.15) is 11.8 Å². The molecule has 0 saturated carbocycles. The predicted octanol–water partition coefficient (Wildman–Crippen LogP) is 2.56. The van der Waals surface area contributed by atoms with E-state index in [-0.39, 0.29) is 17.6 Å². The SMILES string of the molecule is CSC(C)CNC(=O)NCC(O)c1ccc(Cl)c(F)c1. The van der Waals surface area contributed by atoms with E-state index in [1.54, 1.807) is 11.8 Å². The van der Waals surface area contributed by atoms with Crippen molar-refractivity contribution in [2.45, 2.75) is 18.3 Å². The van der Waals surface area contributed by atoms with Crippen LogP contribution in [0.2, 0.25) is 5.02 Å². The number of nitrogens with one attached hydrogen (secondary N) is 2. The molecule has 1 rings (SSSR count). The summed E-state index contributed by atoms with van der Waals surface area (Å²) in [6.45, 7) is 2.54. The van der Waals surface area contributed by atoms with E-state index in [2.05, 4.69) is 10.6 Å². The Bertz CT molecular complexity index is 462. The highest BCUT2D eigenvalue weighted by Crippen LogP contribution is 2.19. The summed E-state index contributed by atoms with van der Waals surface area (Å²) >= 11 is 7.20. The molecule has 0 aliphatic heterocycles. The highest BCUT2D eigenvalue weighted by molar-refractivity contribution is 7.99. The zero-order valence-electron chi connectivity index (χ0n) is 11.3. The molecule has 7 heteroatoms. The number of rotatable bonds is 6. The van der Waals surface area contributed by atoms with E-state index in [0.29, 0.717) is 17.4 Å². The maximum absolute atomic E-state index is 13.2. The first-order valence-electron chi connectivity index (χ1n) is 6.11. The number of amides is 2. The molecule has 0 aromatic heterocycles. The fraction of sp³-hybridized carbons (Fsp3) is 0.462. The molecule has 3 N–H and O–H groups in total. The lowest BCUT2D eigenvalue weighted by Gasteiger charge is -2.14. The van der Waals surface area contributed by atoms with Crippen molar-refractivity contribution in [3.8, 4) is 0 Å². The van der Waals surface area contributed by atoms with Crippen LogP contribution >= 0.6 is 23.4 Å². The van der Waals surface area contributed by atoms with Gasteiger partial charge in [0, 0.05) is 18.3 Å². The van der Waals surface area contributed by atoms with Crippen molar-refractivity contribution in [1.82, 2.24) is 10.6 Å². The number of carbonyl (C=O) groups excluding carboxylic acids is 1. The lowest BCUT2D eigenvalue weighted by molar-refractivity contribution is 0.173. The van der Waals surface area contributed by atoms with E-state index in [1.165, 1.54) is 12.1 Å². The van der Waals surface area contributed by atoms with Gasteiger partial charge < -0.3 is 15.7 Å². The van der Waals surface area contributed by atoms with Gasteiger partial charge in [-0.25, -0.2) is 9.18 Å². The van der Waals surface area contributed by atoms with Crippen LogP contribution < -0.4 is 10.6 Å². The Morgan fingerprint density at radius 2 is 2.10 bits per heavy atom. The molecule has 0 aliphatic carbocycles. The van der Waals surface area contributed by atoms with Crippen LogP contribution in [0.4, 0.5) is 9.18 Å². The molecule has 1 aromatic rings. The Kier molecular flexibility index (Phi) is 7.12. The topological polar surface area (TPSA) is 61.4 Å². The first-order valence-corrected chi connectivity index (χ1v) is 7.78. The summed E-state index contributed by atoms with van der Waals surface area (Å²) in [7, 11) is 0. The standard InChI is InChI=1S/C13H18ClFN2O2S/c1-8(20-2)6-16-13(19)17-7-12(18)9-3-4-10(14)11(15)5-9/h3-5,8,12,18H,6-7H2,1-2H3,(H2,16,17,19). The van der Waals surface area contributed by atoms with Crippen LogP contribution in [-0.2, 0) is 0 Å². The largest absolute Gasteiger partial charge is 0.387 e.